The van der Waals surface area contributed by atoms with Gasteiger partial charge in [-0.15, -0.1) is 11.3 Å². The van der Waals surface area contributed by atoms with E-state index >= 15 is 0 Å². The highest BCUT2D eigenvalue weighted by Gasteiger charge is 2.22. The van der Waals surface area contributed by atoms with Crippen molar-refractivity contribution in [1.29, 1.82) is 0 Å². The van der Waals surface area contributed by atoms with Crippen molar-refractivity contribution in [1.82, 2.24) is 9.88 Å². The molecule has 1 aromatic carbocycles. The highest BCUT2D eigenvalue weighted by atomic mass is 32.1. The number of nitrogens with zero attached hydrogens (tertiary/aromatic N) is 2. The predicted molar refractivity (Wildman–Crippen MR) is 84.9 cm³/mol. The third-order valence-corrected chi connectivity index (χ3v) is 4.23. The molecule has 2 aromatic rings. The van der Waals surface area contributed by atoms with E-state index in [2.05, 4.69) is 4.98 Å². The van der Waals surface area contributed by atoms with Crippen LogP contribution in [0.4, 0.5) is 8.78 Å². The Balaban J connectivity index is 2.26. The van der Waals surface area contributed by atoms with Gasteiger partial charge in [-0.05, 0) is 31.5 Å². The largest absolute Gasteiger partial charge is 0.481 e. The van der Waals surface area contributed by atoms with Gasteiger partial charge >= 0.3 is 5.97 Å². The van der Waals surface area contributed by atoms with E-state index in [-0.39, 0.29) is 25.2 Å². The monoisotopic (exact) mass is 354 g/mol. The molecule has 5 nitrogen and oxygen atoms in total. The first-order valence-corrected chi connectivity index (χ1v) is 7.98. The summed E-state index contributed by atoms with van der Waals surface area (Å²) in [6.07, 6.45) is -0.252. The highest BCUT2D eigenvalue weighted by molar-refractivity contribution is 7.11. The Bertz CT molecular complexity index is 777. The minimum absolute atomic E-state index is 0.0284. The Labute approximate surface area is 141 Å². The number of aromatic nitrogens is 1. The van der Waals surface area contributed by atoms with E-state index in [1.54, 1.807) is 13.8 Å². The van der Waals surface area contributed by atoms with Gasteiger partial charge in [0.25, 0.3) is 5.91 Å². The van der Waals surface area contributed by atoms with Crippen molar-refractivity contribution in [3.63, 3.8) is 0 Å². The summed E-state index contributed by atoms with van der Waals surface area (Å²) in [5.74, 6) is -3.47. The lowest BCUT2D eigenvalue weighted by molar-refractivity contribution is -0.137. The Kier molecular flexibility index (Phi) is 5.61. The number of amides is 1. The van der Waals surface area contributed by atoms with Crippen LogP contribution in [0.25, 0.3) is 0 Å². The van der Waals surface area contributed by atoms with Crippen molar-refractivity contribution in [3.8, 4) is 0 Å². The molecule has 1 heterocycles. The average Bonchev–Trinajstić information content (AvgIpc) is 2.85. The minimum Gasteiger partial charge on any atom is -0.481 e. The smallest absolute Gasteiger partial charge is 0.305 e. The van der Waals surface area contributed by atoms with E-state index in [1.807, 2.05) is 0 Å². The number of rotatable bonds is 6. The maximum absolute atomic E-state index is 13.4. The fourth-order valence-corrected chi connectivity index (χ4v) is 3.03. The van der Waals surface area contributed by atoms with Gasteiger partial charge in [-0.3, -0.25) is 9.59 Å². The minimum atomic E-state index is -1.05. The second kappa shape index (κ2) is 7.48. The number of halogens is 2. The number of carbonyl (C=O) groups excluding carboxylic acids is 1. The maximum Gasteiger partial charge on any atom is 0.305 e. The zero-order valence-corrected chi connectivity index (χ0v) is 14.0. The molecule has 0 radical (unpaired) electrons. The van der Waals surface area contributed by atoms with Crippen LogP contribution in [0, 0.1) is 25.5 Å². The first kappa shape index (κ1) is 18.0. The van der Waals surface area contributed by atoms with Crippen LogP contribution in [-0.2, 0) is 11.3 Å². The summed E-state index contributed by atoms with van der Waals surface area (Å²) in [6.45, 7) is 3.44. The van der Waals surface area contributed by atoms with Gasteiger partial charge in [0.1, 0.15) is 5.69 Å². The molecule has 0 saturated heterocycles. The lowest BCUT2D eigenvalue weighted by atomic mass is 10.2. The fourth-order valence-electron chi connectivity index (χ4n) is 2.22. The Morgan fingerprint density at radius 3 is 2.50 bits per heavy atom. The van der Waals surface area contributed by atoms with E-state index in [4.69, 9.17) is 5.11 Å². The molecule has 2 rings (SSSR count). The van der Waals surface area contributed by atoms with Gasteiger partial charge in [0.05, 0.1) is 11.4 Å². The van der Waals surface area contributed by atoms with Crippen LogP contribution in [0.1, 0.15) is 32.4 Å². The molecular weight excluding hydrogens is 338 g/mol. The van der Waals surface area contributed by atoms with Crippen LogP contribution in [0.3, 0.4) is 0 Å². The predicted octanol–water partition coefficient (Wildman–Crippen LogP) is 3.16. The highest BCUT2D eigenvalue weighted by Crippen LogP contribution is 2.20. The van der Waals surface area contributed by atoms with E-state index in [1.165, 1.54) is 22.3 Å². The standard InChI is InChI=1S/C16H16F2N2O3S/c1-9-15(19-10(2)24-9)16(23)20(6-5-14(21)22)8-11-3-4-12(17)13(18)7-11/h3-4,7H,5-6,8H2,1-2H3,(H,21,22). The third kappa shape index (κ3) is 4.35. The Hall–Kier alpha value is -2.35. The van der Waals surface area contributed by atoms with Gasteiger partial charge in [0.15, 0.2) is 11.6 Å². The fraction of sp³-hybridized carbons (Fsp3) is 0.312. The van der Waals surface area contributed by atoms with Crippen LogP contribution in [0.2, 0.25) is 0 Å². The molecule has 0 atom stereocenters. The molecule has 0 spiro atoms. The molecule has 0 saturated carbocycles. The number of benzene rings is 1. The van der Waals surface area contributed by atoms with Gasteiger partial charge in [0, 0.05) is 18.0 Å². The molecule has 8 heteroatoms. The van der Waals surface area contributed by atoms with Crippen LogP contribution in [-0.4, -0.2) is 33.4 Å². The van der Waals surface area contributed by atoms with Gasteiger partial charge in [-0.25, -0.2) is 13.8 Å². The number of aryl methyl sites for hydroxylation is 2. The Morgan fingerprint density at radius 2 is 1.96 bits per heavy atom. The van der Waals surface area contributed by atoms with Gasteiger partial charge in [-0.1, -0.05) is 6.07 Å². The second-order valence-corrected chi connectivity index (χ2v) is 6.66. The number of carboxylic acid groups (broad SMARTS) is 1. The van der Waals surface area contributed by atoms with Crippen molar-refractivity contribution in [2.45, 2.75) is 26.8 Å². The summed E-state index contributed by atoms with van der Waals surface area (Å²) in [4.78, 5) is 29.7. The zero-order valence-electron chi connectivity index (χ0n) is 13.2. The summed E-state index contributed by atoms with van der Waals surface area (Å²) < 4.78 is 26.4. The van der Waals surface area contributed by atoms with Gasteiger partial charge in [-0.2, -0.15) is 0 Å². The first-order chi connectivity index (χ1) is 11.3. The lowest BCUT2D eigenvalue weighted by Crippen LogP contribution is -2.33. The van der Waals surface area contributed by atoms with Crippen LogP contribution < -0.4 is 0 Å². The first-order valence-electron chi connectivity index (χ1n) is 7.17. The number of carbonyl (C=O) groups is 2. The molecule has 0 unspecified atom stereocenters. The van der Waals surface area contributed by atoms with E-state index < -0.39 is 23.5 Å². The topological polar surface area (TPSA) is 70.5 Å². The van der Waals surface area contributed by atoms with E-state index in [0.29, 0.717) is 5.56 Å². The molecule has 0 aliphatic carbocycles. The summed E-state index contributed by atoms with van der Waals surface area (Å²) in [6, 6.07) is 3.33. The maximum atomic E-state index is 13.4. The molecule has 1 amide bonds. The molecule has 0 fully saturated rings. The van der Waals surface area contributed by atoms with Crippen molar-refractivity contribution < 1.29 is 23.5 Å². The van der Waals surface area contributed by atoms with Crippen LogP contribution in [0.15, 0.2) is 18.2 Å². The molecule has 0 aliphatic rings. The number of thiazole rings is 1. The van der Waals surface area contributed by atoms with Crippen LogP contribution in [0.5, 0.6) is 0 Å². The summed E-state index contributed by atoms with van der Waals surface area (Å²) in [5, 5.41) is 9.58. The summed E-state index contributed by atoms with van der Waals surface area (Å²) in [7, 11) is 0. The quantitative estimate of drug-likeness (QED) is 0.865. The lowest BCUT2D eigenvalue weighted by Gasteiger charge is -2.21. The molecule has 0 aliphatic heterocycles. The average molecular weight is 354 g/mol. The van der Waals surface area contributed by atoms with E-state index in [0.717, 1.165) is 22.0 Å². The summed E-state index contributed by atoms with van der Waals surface area (Å²) in [5.41, 5.74) is 0.628. The van der Waals surface area contributed by atoms with Crippen molar-refractivity contribution in [2.75, 3.05) is 6.54 Å². The molecule has 128 valence electrons. The second-order valence-electron chi connectivity index (χ2n) is 5.26. The number of hydrogen-bond acceptors (Lipinski definition) is 4. The van der Waals surface area contributed by atoms with Gasteiger partial charge in [0.2, 0.25) is 0 Å². The number of aliphatic carboxylic acids is 1. The van der Waals surface area contributed by atoms with Crippen molar-refractivity contribution in [2.24, 2.45) is 0 Å². The van der Waals surface area contributed by atoms with Crippen molar-refractivity contribution >= 4 is 23.2 Å². The van der Waals surface area contributed by atoms with Crippen molar-refractivity contribution in [3.05, 3.63) is 51.0 Å². The third-order valence-electron chi connectivity index (χ3n) is 3.35. The zero-order chi connectivity index (χ0) is 17.9. The number of hydrogen-bond donors (Lipinski definition) is 1. The Morgan fingerprint density at radius 1 is 1.25 bits per heavy atom. The molecule has 24 heavy (non-hydrogen) atoms. The van der Waals surface area contributed by atoms with Crippen LogP contribution >= 0.6 is 11.3 Å². The normalized spacial score (nSPS) is 10.7. The summed E-state index contributed by atoms with van der Waals surface area (Å²) >= 11 is 1.37. The molecule has 0 bridgehead atoms. The molecule has 1 aromatic heterocycles. The van der Waals surface area contributed by atoms with Gasteiger partial charge < -0.3 is 10.0 Å². The SMILES string of the molecule is Cc1nc(C(=O)N(CCC(=O)O)Cc2ccc(F)c(F)c2)c(C)s1. The molecule has 1 N–H and O–H groups in total. The van der Waals surface area contributed by atoms with E-state index in [9.17, 15) is 18.4 Å². The molecular formula is C16H16F2N2O3S. The number of carboxylic acids is 1.